The van der Waals surface area contributed by atoms with Crippen molar-refractivity contribution < 1.29 is 9.53 Å². The largest absolute Gasteiger partial charge is 0.462 e. The van der Waals surface area contributed by atoms with Crippen molar-refractivity contribution in [2.45, 2.75) is 20.4 Å². The highest BCUT2D eigenvalue weighted by Crippen LogP contribution is 2.06. The molecule has 9 heteroatoms. The molecule has 0 radical (unpaired) electrons. The molecule has 0 saturated carbocycles. The van der Waals surface area contributed by atoms with E-state index in [1.165, 1.54) is 17.0 Å². The average molecular weight is 359 g/mol. The van der Waals surface area contributed by atoms with Crippen LogP contribution >= 0.6 is 11.3 Å². The molecule has 0 atom stereocenters. The second kappa shape index (κ2) is 8.12. The van der Waals surface area contributed by atoms with Crippen molar-refractivity contribution in [3.63, 3.8) is 0 Å². The highest BCUT2D eigenvalue weighted by atomic mass is 32.1. The lowest BCUT2D eigenvalue weighted by atomic mass is 10.3. The second-order valence-corrected chi connectivity index (χ2v) is 5.82. The molecule has 0 unspecified atom stereocenters. The fourth-order valence-corrected chi connectivity index (χ4v) is 3.09. The Bertz CT molecular complexity index is 983. The Hall–Kier alpha value is -3.12. The summed E-state index contributed by atoms with van der Waals surface area (Å²) in [5.74, 6) is -0.351. The Morgan fingerprint density at radius 2 is 2.28 bits per heavy atom. The first-order valence-electron chi connectivity index (χ1n) is 7.51. The topological polar surface area (TPSA) is 123 Å². The van der Waals surface area contributed by atoms with Crippen LogP contribution in [0.25, 0.3) is 11.8 Å². The van der Waals surface area contributed by atoms with Crippen molar-refractivity contribution in [3.8, 4) is 6.07 Å². The highest BCUT2D eigenvalue weighted by Gasteiger charge is 2.16. The summed E-state index contributed by atoms with van der Waals surface area (Å²) in [7, 11) is 0. The van der Waals surface area contributed by atoms with E-state index in [2.05, 4.69) is 10.3 Å². The van der Waals surface area contributed by atoms with Gasteiger partial charge in [-0.1, -0.05) is 0 Å². The first-order valence-corrected chi connectivity index (χ1v) is 8.32. The fourth-order valence-electron chi connectivity index (χ4n) is 2.02. The minimum atomic E-state index is -0.740. The monoisotopic (exact) mass is 359 g/mol. The Morgan fingerprint density at radius 3 is 2.84 bits per heavy atom. The van der Waals surface area contributed by atoms with Crippen molar-refractivity contribution in [1.82, 2.24) is 9.55 Å². The van der Waals surface area contributed by atoms with E-state index in [4.69, 9.17) is 10.5 Å². The van der Waals surface area contributed by atoms with Crippen LogP contribution in [0.15, 0.2) is 23.1 Å². The maximum Gasteiger partial charge on any atom is 0.351 e. The van der Waals surface area contributed by atoms with Crippen LogP contribution in [-0.4, -0.2) is 22.1 Å². The number of nitriles is 1. The molecular formula is C16H17N5O3S. The number of thiazole rings is 1. The van der Waals surface area contributed by atoms with Crippen LogP contribution in [0.3, 0.4) is 0 Å². The number of esters is 1. The van der Waals surface area contributed by atoms with Gasteiger partial charge in [-0.15, -0.1) is 11.3 Å². The van der Waals surface area contributed by atoms with E-state index in [9.17, 15) is 14.9 Å². The van der Waals surface area contributed by atoms with Crippen molar-refractivity contribution >= 4 is 40.6 Å². The number of nitrogens with one attached hydrogen (secondary N) is 1. The van der Waals surface area contributed by atoms with E-state index in [1.807, 2.05) is 6.07 Å². The maximum absolute atomic E-state index is 12.5. The van der Waals surface area contributed by atoms with Gasteiger partial charge in [-0.2, -0.15) is 5.26 Å². The van der Waals surface area contributed by atoms with Crippen LogP contribution in [0, 0.1) is 11.3 Å². The lowest BCUT2D eigenvalue weighted by Gasteiger charge is -2.00. The zero-order valence-electron chi connectivity index (χ0n) is 13.8. The minimum Gasteiger partial charge on any atom is -0.462 e. The molecule has 0 amide bonds. The second-order valence-electron chi connectivity index (χ2n) is 4.79. The molecule has 0 spiro atoms. The molecule has 25 heavy (non-hydrogen) atoms. The van der Waals surface area contributed by atoms with Crippen LogP contribution in [0.5, 0.6) is 0 Å². The summed E-state index contributed by atoms with van der Waals surface area (Å²) >= 11 is 1.05. The summed E-state index contributed by atoms with van der Waals surface area (Å²) < 4.78 is 6.88. The number of carbonyl (C=O) groups is 1. The number of hydrogen-bond donors (Lipinski definition) is 2. The van der Waals surface area contributed by atoms with Gasteiger partial charge in [0.1, 0.15) is 21.1 Å². The van der Waals surface area contributed by atoms with Crippen molar-refractivity contribution in [3.05, 3.63) is 37.9 Å². The van der Waals surface area contributed by atoms with Gasteiger partial charge in [-0.3, -0.25) is 9.36 Å². The number of nitrogens with two attached hydrogens (primary N) is 1. The zero-order chi connectivity index (χ0) is 18.4. The first kappa shape index (κ1) is 18.2. The molecule has 3 N–H and O–H groups in total. The van der Waals surface area contributed by atoms with Crippen LogP contribution in [0.1, 0.15) is 13.8 Å². The quantitative estimate of drug-likeness (QED) is 0.720. The molecule has 0 aromatic carbocycles. The summed E-state index contributed by atoms with van der Waals surface area (Å²) in [4.78, 5) is 28.4. The molecule has 2 aromatic rings. The number of hydrogen-bond acceptors (Lipinski definition) is 8. The summed E-state index contributed by atoms with van der Waals surface area (Å²) in [5, 5.41) is 12.2. The Kier molecular flexibility index (Phi) is 5.92. The zero-order valence-corrected chi connectivity index (χ0v) is 14.6. The van der Waals surface area contributed by atoms with E-state index in [0.29, 0.717) is 22.6 Å². The van der Waals surface area contributed by atoms with Gasteiger partial charge in [0.15, 0.2) is 5.57 Å². The molecule has 0 saturated heterocycles. The number of aromatic nitrogens is 2. The van der Waals surface area contributed by atoms with E-state index in [0.717, 1.165) is 11.3 Å². The van der Waals surface area contributed by atoms with E-state index < -0.39 is 5.97 Å². The van der Waals surface area contributed by atoms with Crippen LogP contribution in [0.4, 0.5) is 11.5 Å². The minimum absolute atomic E-state index is 0.149. The number of anilines is 2. The molecule has 0 fully saturated rings. The molecule has 2 rings (SSSR count). The van der Waals surface area contributed by atoms with Gasteiger partial charge in [-0.05, 0) is 26.0 Å². The van der Waals surface area contributed by atoms with Gasteiger partial charge >= 0.3 is 5.97 Å². The van der Waals surface area contributed by atoms with Gasteiger partial charge in [-0.25, -0.2) is 9.78 Å². The summed E-state index contributed by atoms with van der Waals surface area (Å²) in [5.41, 5.74) is 5.70. The van der Waals surface area contributed by atoms with Crippen LogP contribution < -0.4 is 25.8 Å². The van der Waals surface area contributed by atoms with E-state index in [-0.39, 0.29) is 22.4 Å². The van der Waals surface area contributed by atoms with Crippen molar-refractivity contribution in [1.29, 1.82) is 5.26 Å². The van der Waals surface area contributed by atoms with Crippen LogP contribution in [0.2, 0.25) is 0 Å². The van der Waals surface area contributed by atoms with Crippen LogP contribution in [-0.2, 0) is 16.1 Å². The molecule has 130 valence electrons. The lowest BCUT2D eigenvalue weighted by Crippen LogP contribution is -2.32. The molecule has 8 nitrogen and oxygen atoms in total. The van der Waals surface area contributed by atoms with E-state index in [1.54, 1.807) is 26.0 Å². The smallest absolute Gasteiger partial charge is 0.351 e. The van der Waals surface area contributed by atoms with Gasteiger partial charge in [0.05, 0.1) is 18.5 Å². The van der Waals surface area contributed by atoms with Crippen molar-refractivity contribution in [2.75, 3.05) is 17.7 Å². The van der Waals surface area contributed by atoms with Gasteiger partial charge in [0, 0.05) is 12.7 Å². The molecule has 0 bridgehead atoms. The fraction of sp³-hybridized carbons (Fsp3) is 0.250. The maximum atomic E-state index is 12.5. The number of nitrogens with zero attached hydrogens (tertiary/aromatic N) is 3. The number of ether oxygens (including phenoxy) is 1. The summed E-state index contributed by atoms with van der Waals surface area (Å²) in [6, 6.07) is 5.18. The third kappa shape index (κ3) is 4.05. The van der Waals surface area contributed by atoms with E-state index >= 15 is 0 Å². The Labute approximate surface area is 147 Å². The standard InChI is InChI=1S/C16H17N5O3S/c1-3-21-14(22)12(9-19-10-5-6-13(18)20-8-10)25-15(21)11(7-17)16(23)24-4-2/h5-6,8-9,19H,3-4H2,1-2H3,(H2,18,20)/b12-9+,15-11-. The van der Waals surface area contributed by atoms with Gasteiger partial charge < -0.3 is 15.8 Å². The van der Waals surface area contributed by atoms with Crippen molar-refractivity contribution in [2.24, 2.45) is 0 Å². The average Bonchev–Trinajstić information content (AvgIpc) is 2.91. The number of nitrogen functional groups attached to an aromatic ring is 1. The lowest BCUT2D eigenvalue weighted by molar-refractivity contribution is -0.136. The first-order chi connectivity index (χ1) is 12.0. The molecule has 2 heterocycles. The summed E-state index contributed by atoms with van der Waals surface area (Å²) in [6.45, 7) is 3.89. The third-order valence-electron chi connectivity index (χ3n) is 3.19. The number of pyridine rings is 1. The number of carbonyl (C=O) groups excluding carboxylic acids is 1. The normalized spacial score (nSPS) is 12.4. The van der Waals surface area contributed by atoms with Gasteiger partial charge in [0.2, 0.25) is 0 Å². The Balaban J connectivity index is 2.55. The molecule has 0 aliphatic heterocycles. The predicted molar refractivity (Wildman–Crippen MR) is 95.9 cm³/mol. The predicted octanol–water partition coefficient (Wildman–Crippen LogP) is -0.00562. The molecule has 2 aromatic heterocycles. The Morgan fingerprint density at radius 1 is 1.52 bits per heavy atom. The third-order valence-corrected chi connectivity index (χ3v) is 4.32. The summed E-state index contributed by atoms with van der Waals surface area (Å²) in [6.07, 6.45) is 3.04. The van der Waals surface area contributed by atoms with Gasteiger partial charge in [0.25, 0.3) is 5.56 Å². The SMILES string of the molecule is CCOC(=O)/C(C#N)=c1\s/c(=C/Nc2ccc(N)nc2)c(=O)n1CC. The highest BCUT2D eigenvalue weighted by molar-refractivity contribution is 7.07. The molecule has 0 aliphatic carbocycles. The number of rotatable bonds is 5. The molecule has 0 aliphatic rings. The molecular weight excluding hydrogens is 342 g/mol.